The van der Waals surface area contributed by atoms with Gasteiger partial charge in [-0.1, -0.05) is 19.8 Å². The highest BCUT2D eigenvalue weighted by molar-refractivity contribution is 4.67. The predicted molar refractivity (Wildman–Crippen MR) is 53.7 cm³/mol. The van der Waals surface area contributed by atoms with Crippen molar-refractivity contribution in [3.05, 3.63) is 0 Å². The zero-order chi connectivity index (χ0) is 9.52. The van der Waals surface area contributed by atoms with E-state index in [2.05, 4.69) is 6.92 Å². The van der Waals surface area contributed by atoms with Crippen LogP contribution in [0, 0.1) is 5.92 Å². The molecular weight excluding hydrogens is 164 g/mol. The minimum atomic E-state index is 0.0127. The molecule has 2 atom stereocenters. The normalized spacial score (nSPS) is 33.7. The van der Waals surface area contributed by atoms with Crippen LogP contribution in [0.2, 0.25) is 0 Å². The molecule has 1 aliphatic heterocycles. The lowest BCUT2D eigenvalue weighted by molar-refractivity contribution is 0.106. The van der Waals surface area contributed by atoms with E-state index in [1.165, 1.54) is 25.7 Å². The zero-order valence-corrected chi connectivity index (χ0v) is 8.67. The van der Waals surface area contributed by atoms with Gasteiger partial charge in [0.25, 0.3) is 0 Å². The molecule has 78 valence electrons. The molecule has 0 aromatic carbocycles. The Morgan fingerprint density at radius 2 is 1.77 bits per heavy atom. The van der Waals surface area contributed by atoms with Crippen LogP contribution in [0.1, 0.15) is 45.4 Å². The molecule has 2 rings (SSSR count). The summed E-state index contributed by atoms with van der Waals surface area (Å²) in [6.07, 6.45) is 7.17. The second-order valence-electron chi connectivity index (χ2n) is 4.25. The molecule has 1 aliphatic carbocycles. The minimum Gasteiger partial charge on any atom is -0.393 e. The summed E-state index contributed by atoms with van der Waals surface area (Å²) in [6.45, 7) is 4.21. The van der Waals surface area contributed by atoms with E-state index in [9.17, 15) is 0 Å². The molecule has 0 radical (unpaired) electrons. The van der Waals surface area contributed by atoms with E-state index in [1.807, 2.05) is 0 Å². The number of ether oxygens (including phenoxy) is 1. The quantitative estimate of drug-likeness (QED) is 0.629. The molecule has 0 aromatic heterocycles. The van der Waals surface area contributed by atoms with Crippen LogP contribution in [0.5, 0.6) is 0 Å². The van der Waals surface area contributed by atoms with E-state index in [0.717, 1.165) is 32.0 Å². The maximum Gasteiger partial charge on any atom is 0.0542 e. The molecule has 1 saturated carbocycles. The number of hydrogen-bond acceptors (Lipinski definition) is 2. The second kappa shape index (κ2) is 6.39. The van der Waals surface area contributed by atoms with Crippen molar-refractivity contribution in [2.45, 2.75) is 51.6 Å². The summed E-state index contributed by atoms with van der Waals surface area (Å²) in [6, 6.07) is 0. The van der Waals surface area contributed by atoms with Gasteiger partial charge in [-0.05, 0) is 31.6 Å². The van der Waals surface area contributed by atoms with Crippen LogP contribution in [0.3, 0.4) is 0 Å². The van der Waals surface area contributed by atoms with Gasteiger partial charge in [0.1, 0.15) is 0 Å². The largest absolute Gasteiger partial charge is 0.393 e. The van der Waals surface area contributed by atoms with E-state index in [4.69, 9.17) is 9.84 Å². The summed E-state index contributed by atoms with van der Waals surface area (Å²) in [4.78, 5) is 0. The Morgan fingerprint density at radius 1 is 1.08 bits per heavy atom. The molecule has 1 heterocycles. The van der Waals surface area contributed by atoms with Crippen molar-refractivity contribution in [1.29, 1.82) is 0 Å². The van der Waals surface area contributed by atoms with Crippen LogP contribution in [-0.4, -0.2) is 24.4 Å². The molecule has 1 N–H and O–H groups in total. The first kappa shape index (κ1) is 11.0. The number of rotatable bonds is 0. The van der Waals surface area contributed by atoms with Crippen molar-refractivity contribution in [2.75, 3.05) is 13.2 Å². The Hall–Kier alpha value is -0.0800. The summed E-state index contributed by atoms with van der Waals surface area (Å²) in [7, 11) is 0. The molecule has 2 nitrogen and oxygen atoms in total. The number of hydrogen-bond donors (Lipinski definition) is 1. The van der Waals surface area contributed by atoms with Crippen LogP contribution >= 0.6 is 0 Å². The third kappa shape index (κ3) is 5.27. The van der Waals surface area contributed by atoms with E-state index in [-0.39, 0.29) is 6.10 Å². The summed E-state index contributed by atoms with van der Waals surface area (Å²) >= 11 is 0. The molecule has 0 amide bonds. The van der Waals surface area contributed by atoms with Gasteiger partial charge < -0.3 is 9.84 Å². The third-order valence-electron chi connectivity index (χ3n) is 2.74. The summed E-state index contributed by atoms with van der Waals surface area (Å²) in [5.41, 5.74) is 0. The average Bonchev–Trinajstić information content (AvgIpc) is 2.59. The minimum absolute atomic E-state index is 0.0127. The third-order valence-corrected chi connectivity index (χ3v) is 2.74. The van der Waals surface area contributed by atoms with Gasteiger partial charge in [0.05, 0.1) is 6.10 Å². The van der Waals surface area contributed by atoms with Gasteiger partial charge in [0, 0.05) is 13.2 Å². The van der Waals surface area contributed by atoms with Crippen LogP contribution < -0.4 is 0 Å². The lowest BCUT2D eigenvalue weighted by atomic mass is 9.89. The predicted octanol–water partition coefficient (Wildman–Crippen LogP) is 2.35. The van der Waals surface area contributed by atoms with Crippen LogP contribution in [0.4, 0.5) is 0 Å². The monoisotopic (exact) mass is 186 g/mol. The fraction of sp³-hybridized carbons (Fsp3) is 1.00. The van der Waals surface area contributed by atoms with Crippen molar-refractivity contribution in [1.82, 2.24) is 0 Å². The maximum atomic E-state index is 9.08. The second-order valence-corrected chi connectivity index (χ2v) is 4.25. The zero-order valence-electron chi connectivity index (χ0n) is 8.67. The first-order chi connectivity index (χ1) is 6.29. The van der Waals surface area contributed by atoms with Gasteiger partial charge in [-0.25, -0.2) is 0 Å². The Balaban J connectivity index is 0.000000145. The average molecular weight is 186 g/mol. The molecular formula is C11H22O2. The van der Waals surface area contributed by atoms with Crippen LogP contribution in [0.15, 0.2) is 0 Å². The smallest absolute Gasteiger partial charge is 0.0542 e. The molecule has 2 heteroatoms. The fourth-order valence-electron chi connectivity index (χ4n) is 1.91. The maximum absolute atomic E-state index is 9.08. The molecule has 13 heavy (non-hydrogen) atoms. The Bertz CT molecular complexity index is 106. The Kier molecular flexibility index (Phi) is 5.40. The summed E-state index contributed by atoms with van der Waals surface area (Å²) < 4.78 is 4.94. The van der Waals surface area contributed by atoms with E-state index in [0.29, 0.717) is 0 Å². The highest BCUT2D eigenvalue weighted by atomic mass is 16.5. The lowest BCUT2D eigenvalue weighted by Gasteiger charge is -2.21. The van der Waals surface area contributed by atoms with Crippen molar-refractivity contribution >= 4 is 0 Å². The SMILES string of the molecule is C1CCOC1.CC1CCCC(O)C1. The van der Waals surface area contributed by atoms with Gasteiger partial charge in [0.15, 0.2) is 0 Å². The molecule has 1 saturated heterocycles. The molecule has 0 aromatic rings. The van der Waals surface area contributed by atoms with Gasteiger partial charge in [-0.15, -0.1) is 0 Å². The molecule has 0 bridgehead atoms. The van der Waals surface area contributed by atoms with E-state index < -0.39 is 0 Å². The first-order valence-corrected chi connectivity index (χ1v) is 5.55. The number of aliphatic hydroxyl groups is 1. The van der Waals surface area contributed by atoms with E-state index >= 15 is 0 Å². The van der Waals surface area contributed by atoms with Crippen LogP contribution in [-0.2, 0) is 4.74 Å². The molecule has 2 unspecified atom stereocenters. The Morgan fingerprint density at radius 3 is 2.08 bits per heavy atom. The highest BCUT2D eigenvalue weighted by Gasteiger charge is 2.15. The molecule has 2 fully saturated rings. The Labute approximate surface area is 81.3 Å². The molecule has 2 aliphatic rings. The van der Waals surface area contributed by atoms with Crippen LogP contribution in [0.25, 0.3) is 0 Å². The topological polar surface area (TPSA) is 29.5 Å². The van der Waals surface area contributed by atoms with Gasteiger partial charge in [-0.3, -0.25) is 0 Å². The standard InChI is InChI=1S/C7H14O.C4H8O/c1-6-3-2-4-7(8)5-6;1-2-4-5-3-1/h6-8H,2-5H2,1H3;1-4H2. The first-order valence-electron chi connectivity index (χ1n) is 5.55. The van der Waals surface area contributed by atoms with Gasteiger partial charge >= 0.3 is 0 Å². The highest BCUT2D eigenvalue weighted by Crippen LogP contribution is 2.22. The van der Waals surface area contributed by atoms with Gasteiger partial charge in [0.2, 0.25) is 0 Å². The van der Waals surface area contributed by atoms with Crippen molar-refractivity contribution < 1.29 is 9.84 Å². The van der Waals surface area contributed by atoms with E-state index in [1.54, 1.807) is 0 Å². The molecule has 0 spiro atoms. The van der Waals surface area contributed by atoms with Crippen molar-refractivity contribution in [3.8, 4) is 0 Å². The van der Waals surface area contributed by atoms with Crippen molar-refractivity contribution in [2.24, 2.45) is 5.92 Å². The number of aliphatic hydroxyl groups excluding tert-OH is 1. The lowest BCUT2D eigenvalue weighted by Crippen LogP contribution is -2.16. The summed E-state index contributed by atoms with van der Waals surface area (Å²) in [5.74, 6) is 0.763. The van der Waals surface area contributed by atoms with Crippen molar-refractivity contribution in [3.63, 3.8) is 0 Å². The summed E-state index contributed by atoms with van der Waals surface area (Å²) in [5, 5.41) is 9.08. The fourth-order valence-corrected chi connectivity index (χ4v) is 1.91. The van der Waals surface area contributed by atoms with Gasteiger partial charge in [-0.2, -0.15) is 0 Å².